The largest absolute Gasteiger partial charge is 0.455 e. The van der Waals surface area contributed by atoms with Crippen LogP contribution in [0.5, 0.6) is 0 Å². The summed E-state index contributed by atoms with van der Waals surface area (Å²) in [4.78, 5) is 5.48. The Morgan fingerprint density at radius 2 is 1.29 bits per heavy atom. The normalized spacial score (nSPS) is 15.1. The SMILES string of the molecule is CC(C)c1cc(-c2ccccc2)cc(C(C)C)c1-n1c(-c2cccc3c2oc2cc4c5c(cc6ccccc64)C(C)(C)CC(C)(C)c5c23)nc2ccccc21. The van der Waals surface area contributed by atoms with Crippen molar-refractivity contribution in [2.45, 2.75) is 84.5 Å². The van der Waals surface area contributed by atoms with Gasteiger partial charge in [-0.05, 0) is 126 Å². The van der Waals surface area contributed by atoms with E-state index in [4.69, 9.17) is 9.40 Å². The lowest BCUT2D eigenvalue weighted by Crippen LogP contribution is -2.34. The second-order valence-corrected chi connectivity index (χ2v) is 17.9. The van der Waals surface area contributed by atoms with Crippen LogP contribution in [0.15, 0.2) is 126 Å². The van der Waals surface area contributed by atoms with Crippen LogP contribution in [-0.2, 0) is 10.8 Å². The maximum atomic E-state index is 7.21. The molecular formula is C52H48N2O. The highest BCUT2D eigenvalue weighted by atomic mass is 16.3. The van der Waals surface area contributed by atoms with Gasteiger partial charge in [-0.15, -0.1) is 0 Å². The van der Waals surface area contributed by atoms with Gasteiger partial charge < -0.3 is 4.42 Å². The number of imidazole rings is 1. The molecule has 1 aliphatic carbocycles. The van der Waals surface area contributed by atoms with Gasteiger partial charge >= 0.3 is 0 Å². The smallest absolute Gasteiger partial charge is 0.149 e. The Balaban J connectivity index is 1.32. The third-order valence-corrected chi connectivity index (χ3v) is 12.4. The predicted octanol–water partition coefficient (Wildman–Crippen LogP) is 14.8. The fraction of sp³-hybridized carbons (Fsp3) is 0.250. The summed E-state index contributed by atoms with van der Waals surface area (Å²) in [5, 5.41) is 7.64. The molecule has 0 aliphatic heterocycles. The fourth-order valence-corrected chi connectivity index (χ4v) is 10.3. The molecule has 0 saturated carbocycles. The summed E-state index contributed by atoms with van der Waals surface area (Å²) in [5.41, 5.74) is 14.1. The second-order valence-electron chi connectivity index (χ2n) is 17.9. The van der Waals surface area contributed by atoms with Crippen LogP contribution in [0.2, 0.25) is 0 Å². The molecule has 10 rings (SSSR count). The van der Waals surface area contributed by atoms with E-state index < -0.39 is 0 Å². The molecule has 9 aromatic rings. The molecular weight excluding hydrogens is 669 g/mol. The van der Waals surface area contributed by atoms with Gasteiger partial charge in [-0.2, -0.15) is 0 Å². The van der Waals surface area contributed by atoms with E-state index >= 15 is 0 Å². The van der Waals surface area contributed by atoms with Crippen molar-refractivity contribution in [1.82, 2.24) is 9.55 Å². The van der Waals surface area contributed by atoms with Gasteiger partial charge in [-0.1, -0.05) is 134 Å². The molecule has 0 bridgehead atoms. The van der Waals surface area contributed by atoms with Gasteiger partial charge in [0.1, 0.15) is 17.0 Å². The van der Waals surface area contributed by atoms with Crippen molar-refractivity contribution in [3.8, 4) is 28.2 Å². The molecule has 272 valence electrons. The zero-order valence-electron chi connectivity index (χ0n) is 33.2. The van der Waals surface area contributed by atoms with Crippen LogP contribution < -0.4 is 0 Å². The lowest BCUT2D eigenvalue weighted by Gasteiger charge is -2.43. The molecule has 1 aliphatic rings. The number of hydrogen-bond acceptors (Lipinski definition) is 2. The topological polar surface area (TPSA) is 31.0 Å². The minimum Gasteiger partial charge on any atom is -0.455 e. The van der Waals surface area contributed by atoms with E-state index in [0.717, 1.165) is 45.4 Å². The first-order chi connectivity index (χ1) is 26.4. The number of para-hydroxylation sites is 3. The number of furan rings is 1. The molecule has 0 N–H and O–H groups in total. The van der Waals surface area contributed by atoms with Crippen LogP contribution in [0.25, 0.3) is 82.7 Å². The highest BCUT2D eigenvalue weighted by Crippen LogP contribution is 2.55. The molecule has 55 heavy (non-hydrogen) atoms. The Morgan fingerprint density at radius 1 is 0.618 bits per heavy atom. The summed E-state index contributed by atoms with van der Waals surface area (Å²) in [6, 6.07) is 44.5. The maximum Gasteiger partial charge on any atom is 0.149 e. The van der Waals surface area contributed by atoms with Crippen LogP contribution in [0.3, 0.4) is 0 Å². The predicted molar refractivity (Wildman–Crippen MR) is 233 cm³/mol. The van der Waals surface area contributed by atoms with E-state index in [1.165, 1.54) is 66.0 Å². The highest BCUT2D eigenvalue weighted by molar-refractivity contribution is 6.21. The average Bonchev–Trinajstić information content (AvgIpc) is 3.74. The summed E-state index contributed by atoms with van der Waals surface area (Å²) in [6.45, 7) is 19.0. The number of hydrogen-bond donors (Lipinski definition) is 0. The van der Waals surface area contributed by atoms with E-state index in [-0.39, 0.29) is 22.7 Å². The van der Waals surface area contributed by atoms with Gasteiger partial charge in [0.15, 0.2) is 0 Å². The number of benzene rings is 7. The number of fused-ring (bicyclic) bond motifs is 7. The number of aromatic nitrogens is 2. The second kappa shape index (κ2) is 11.9. The third kappa shape index (κ3) is 4.98. The van der Waals surface area contributed by atoms with Crippen molar-refractivity contribution in [2.75, 3.05) is 0 Å². The van der Waals surface area contributed by atoms with Crippen molar-refractivity contribution >= 4 is 54.5 Å². The molecule has 7 aromatic carbocycles. The highest BCUT2D eigenvalue weighted by Gasteiger charge is 2.41. The van der Waals surface area contributed by atoms with Crippen LogP contribution in [-0.4, -0.2) is 9.55 Å². The molecule has 0 unspecified atom stereocenters. The van der Waals surface area contributed by atoms with E-state index in [2.05, 4.69) is 181 Å². The molecule has 2 aromatic heterocycles. The minimum atomic E-state index is -0.0739. The van der Waals surface area contributed by atoms with E-state index in [1.807, 2.05) is 0 Å². The van der Waals surface area contributed by atoms with Crippen molar-refractivity contribution in [3.05, 3.63) is 144 Å². The van der Waals surface area contributed by atoms with Crippen molar-refractivity contribution in [2.24, 2.45) is 0 Å². The van der Waals surface area contributed by atoms with Crippen molar-refractivity contribution < 1.29 is 4.42 Å². The van der Waals surface area contributed by atoms with Gasteiger partial charge in [0.25, 0.3) is 0 Å². The van der Waals surface area contributed by atoms with Gasteiger partial charge in [-0.3, -0.25) is 4.57 Å². The lowest BCUT2D eigenvalue weighted by atomic mass is 9.60. The summed E-state index contributed by atoms with van der Waals surface area (Å²) in [5.74, 6) is 1.47. The van der Waals surface area contributed by atoms with Gasteiger partial charge in [-0.25, -0.2) is 4.98 Å². The fourth-order valence-electron chi connectivity index (χ4n) is 10.3. The molecule has 0 saturated heterocycles. The van der Waals surface area contributed by atoms with E-state index in [9.17, 15) is 0 Å². The van der Waals surface area contributed by atoms with Gasteiger partial charge in [0.05, 0.1) is 22.3 Å². The molecule has 3 heteroatoms. The molecule has 0 fully saturated rings. The monoisotopic (exact) mass is 716 g/mol. The molecule has 0 spiro atoms. The molecule has 3 nitrogen and oxygen atoms in total. The first-order valence-electron chi connectivity index (χ1n) is 20.0. The van der Waals surface area contributed by atoms with Crippen LogP contribution in [0, 0.1) is 0 Å². The zero-order chi connectivity index (χ0) is 38.0. The molecule has 0 atom stereocenters. The Labute approximate surface area is 323 Å². The minimum absolute atomic E-state index is 0.0281. The average molecular weight is 717 g/mol. The van der Waals surface area contributed by atoms with E-state index in [0.29, 0.717) is 0 Å². The summed E-state index contributed by atoms with van der Waals surface area (Å²) >= 11 is 0. The lowest BCUT2D eigenvalue weighted by molar-refractivity contribution is 0.343. The molecule has 2 heterocycles. The van der Waals surface area contributed by atoms with Gasteiger partial charge in [0, 0.05) is 10.8 Å². The number of nitrogens with zero attached hydrogens (tertiary/aromatic N) is 2. The quantitative estimate of drug-likeness (QED) is 0.166. The van der Waals surface area contributed by atoms with Crippen LogP contribution >= 0.6 is 0 Å². The summed E-state index contributed by atoms with van der Waals surface area (Å²) < 4.78 is 9.65. The first kappa shape index (κ1) is 33.9. The first-order valence-corrected chi connectivity index (χ1v) is 20.0. The molecule has 0 radical (unpaired) electrons. The van der Waals surface area contributed by atoms with Crippen molar-refractivity contribution in [1.29, 1.82) is 0 Å². The number of rotatable bonds is 5. The van der Waals surface area contributed by atoms with E-state index in [1.54, 1.807) is 0 Å². The zero-order valence-corrected chi connectivity index (χ0v) is 33.2. The Hall–Kier alpha value is -5.67. The third-order valence-electron chi connectivity index (χ3n) is 12.4. The standard InChI is InChI=1S/C52H48N2O/c1-30(2)38-25-34(32-17-10-9-11-18-32)26-39(31(3)4)48(38)54-43-24-15-14-23-42(43)53-50(54)37-22-16-21-36-46-44(55-49(36)37)28-40-35-20-13-12-19-33(35)27-41-45(40)47(46)52(7,8)29-51(41,5)6/h9-28,30-31H,29H2,1-8H3. The molecule has 0 amide bonds. The Bertz CT molecular complexity index is 2980. The Kier molecular flexibility index (Phi) is 7.34. The Morgan fingerprint density at radius 3 is 2.04 bits per heavy atom. The van der Waals surface area contributed by atoms with Crippen LogP contribution in [0.4, 0.5) is 0 Å². The summed E-state index contributed by atoms with van der Waals surface area (Å²) in [6.07, 6.45) is 1.05. The van der Waals surface area contributed by atoms with Crippen LogP contribution in [0.1, 0.15) is 95.9 Å². The van der Waals surface area contributed by atoms with Crippen molar-refractivity contribution in [3.63, 3.8) is 0 Å². The summed E-state index contributed by atoms with van der Waals surface area (Å²) in [7, 11) is 0. The maximum absolute atomic E-state index is 7.21. The van der Waals surface area contributed by atoms with Gasteiger partial charge in [0.2, 0.25) is 0 Å².